The molecule has 0 saturated heterocycles. The van der Waals surface area contributed by atoms with E-state index in [1.165, 1.54) is 0 Å². The van der Waals surface area contributed by atoms with Crippen molar-refractivity contribution in [3.05, 3.63) is 58.0 Å². The molecule has 0 radical (unpaired) electrons. The highest BCUT2D eigenvalue weighted by atomic mass is 16.5. The molecule has 0 unspecified atom stereocenters. The van der Waals surface area contributed by atoms with Gasteiger partial charge in [-0.15, -0.1) is 0 Å². The lowest BCUT2D eigenvalue weighted by molar-refractivity contribution is 0.199. The van der Waals surface area contributed by atoms with Crippen LogP contribution in [0.25, 0.3) is 5.69 Å². The molecule has 0 aliphatic carbocycles. The summed E-state index contributed by atoms with van der Waals surface area (Å²) in [4.78, 5) is 11.9. The highest BCUT2D eigenvalue weighted by molar-refractivity contribution is 5.32. The van der Waals surface area contributed by atoms with Crippen molar-refractivity contribution in [1.29, 1.82) is 0 Å². The third-order valence-corrected chi connectivity index (χ3v) is 2.96. The van der Waals surface area contributed by atoms with Crippen LogP contribution in [-0.2, 0) is 11.3 Å². The maximum absolute atomic E-state index is 11.9. The molecule has 0 saturated carbocycles. The van der Waals surface area contributed by atoms with Gasteiger partial charge in [0.2, 0.25) is 5.43 Å². The molecular weight excluding hydrogens is 254 g/mol. The van der Waals surface area contributed by atoms with Crippen LogP contribution in [0.2, 0.25) is 0 Å². The number of hydrogen-bond acceptors (Lipinski definition) is 4. The van der Waals surface area contributed by atoms with Crippen LogP contribution in [0, 0.1) is 6.92 Å². The number of benzene rings is 1. The van der Waals surface area contributed by atoms with E-state index in [4.69, 9.17) is 4.74 Å². The van der Waals surface area contributed by atoms with E-state index in [-0.39, 0.29) is 5.43 Å². The third kappa shape index (κ3) is 3.53. The van der Waals surface area contributed by atoms with Crippen molar-refractivity contribution in [2.24, 2.45) is 0 Å². The summed E-state index contributed by atoms with van der Waals surface area (Å²) >= 11 is 0. The molecule has 1 aromatic heterocycles. The van der Waals surface area contributed by atoms with Crippen molar-refractivity contribution in [2.45, 2.75) is 13.5 Å². The van der Waals surface area contributed by atoms with E-state index in [2.05, 4.69) is 10.4 Å². The van der Waals surface area contributed by atoms with Gasteiger partial charge in [-0.05, 0) is 19.1 Å². The van der Waals surface area contributed by atoms with Crippen molar-refractivity contribution in [1.82, 2.24) is 15.1 Å². The molecule has 1 N–H and O–H groups in total. The van der Waals surface area contributed by atoms with Gasteiger partial charge >= 0.3 is 0 Å². The maximum atomic E-state index is 11.9. The molecule has 0 fully saturated rings. The van der Waals surface area contributed by atoms with E-state index < -0.39 is 0 Å². The molecule has 5 nitrogen and oxygen atoms in total. The van der Waals surface area contributed by atoms with Gasteiger partial charge in [0.1, 0.15) is 5.69 Å². The van der Waals surface area contributed by atoms with Crippen LogP contribution in [0.5, 0.6) is 0 Å². The van der Waals surface area contributed by atoms with Crippen molar-refractivity contribution in [2.75, 3.05) is 20.3 Å². The van der Waals surface area contributed by atoms with Crippen molar-refractivity contribution < 1.29 is 4.74 Å². The second-order valence-electron chi connectivity index (χ2n) is 4.51. The van der Waals surface area contributed by atoms with Crippen LogP contribution in [-0.4, -0.2) is 30.0 Å². The number of nitrogens with zero attached hydrogens (tertiary/aromatic N) is 2. The first-order chi connectivity index (χ1) is 9.72. The standard InChI is InChI=1S/C15H19N3O2/c1-12-10-15(19)14(11-16-8-9-20-2)17-18(12)13-6-4-3-5-7-13/h3-7,10,16H,8-9,11H2,1-2H3. The van der Waals surface area contributed by atoms with Gasteiger partial charge in [0, 0.05) is 32.0 Å². The number of hydrogen-bond donors (Lipinski definition) is 1. The van der Waals surface area contributed by atoms with Crippen LogP contribution in [0.1, 0.15) is 11.4 Å². The summed E-state index contributed by atoms with van der Waals surface area (Å²) in [6.07, 6.45) is 0. The fraction of sp³-hybridized carbons (Fsp3) is 0.333. The molecule has 5 heteroatoms. The highest BCUT2D eigenvalue weighted by Gasteiger charge is 2.06. The highest BCUT2D eigenvalue weighted by Crippen LogP contribution is 2.07. The van der Waals surface area contributed by atoms with Gasteiger partial charge in [0.15, 0.2) is 0 Å². The summed E-state index contributed by atoms with van der Waals surface area (Å²) in [5, 5.41) is 7.58. The first-order valence-electron chi connectivity index (χ1n) is 6.57. The molecule has 0 atom stereocenters. The molecule has 0 bridgehead atoms. The topological polar surface area (TPSA) is 56.1 Å². The maximum Gasteiger partial charge on any atom is 0.204 e. The van der Waals surface area contributed by atoms with Crippen molar-refractivity contribution in [3.63, 3.8) is 0 Å². The molecule has 0 aliphatic heterocycles. The van der Waals surface area contributed by atoms with E-state index in [1.807, 2.05) is 37.3 Å². The summed E-state index contributed by atoms with van der Waals surface area (Å²) in [6.45, 7) is 3.62. The summed E-state index contributed by atoms with van der Waals surface area (Å²) in [6, 6.07) is 11.4. The minimum absolute atomic E-state index is 0.0420. The quantitative estimate of drug-likeness (QED) is 0.806. The Bertz CT molecular complexity index is 608. The van der Waals surface area contributed by atoms with Gasteiger partial charge in [-0.2, -0.15) is 5.10 Å². The molecule has 0 amide bonds. The van der Waals surface area contributed by atoms with Crippen molar-refractivity contribution >= 4 is 0 Å². The second kappa shape index (κ2) is 6.98. The number of methoxy groups -OCH3 is 1. The molecule has 106 valence electrons. The SMILES string of the molecule is COCCNCc1nn(-c2ccccc2)c(C)cc1=O. The van der Waals surface area contributed by atoms with E-state index in [9.17, 15) is 4.79 Å². The van der Waals surface area contributed by atoms with Gasteiger partial charge in [-0.25, -0.2) is 4.68 Å². The first kappa shape index (κ1) is 14.4. The van der Waals surface area contributed by atoms with Gasteiger partial charge in [0.05, 0.1) is 12.3 Å². The van der Waals surface area contributed by atoms with Crippen LogP contribution < -0.4 is 10.7 Å². The summed E-state index contributed by atoms with van der Waals surface area (Å²) < 4.78 is 6.74. The molecule has 1 heterocycles. The normalized spacial score (nSPS) is 10.7. The Morgan fingerprint density at radius 2 is 2.05 bits per heavy atom. The minimum Gasteiger partial charge on any atom is -0.383 e. The van der Waals surface area contributed by atoms with Crippen LogP contribution >= 0.6 is 0 Å². The lowest BCUT2D eigenvalue weighted by Crippen LogP contribution is -2.26. The van der Waals surface area contributed by atoms with Crippen LogP contribution in [0.3, 0.4) is 0 Å². The van der Waals surface area contributed by atoms with E-state index >= 15 is 0 Å². The number of para-hydroxylation sites is 1. The van der Waals surface area contributed by atoms with E-state index in [0.29, 0.717) is 25.4 Å². The number of rotatable bonds is 6. The number of aromatic nitrogens is 2. The van der Waals surface area contributed by atoms with Crippen molar-refractivity contribution in [3.8, 4) is 5.69 Å². The average Bonchev–Trinajstić information content (AvgIpc) is 2.46. The molecule has 1 aromatic carbocycles. The smallest absolute Gasteiger partial charge is 0.204 e. The van der Waals surface area contributed by atoms with Crippen LogP contribution in [0.4, 0.5) is 0 Å². The molecule has 0 spiro atoms. The predicted molar refractivity (Wildman–Crippen MR) is 78.2 cm³/mol. The van der Waals surface area contributed by atoms with E-state index in [0.717, 1.165) is 11.4 Å². The lowest BCUT2D eigenvalue weighted by Gasteiger charge is -2.11. The Kier molecular flexibility index (Phi) is 5.03. The largest absolute Gasteiger partial charge is 0.383 e. The first-order valence-corrected chi connectivity index (χ1v) is 6.57. The number of aryl methyl sites for hydroxylation is 1. The molecule has 2 rings (SSSR count). The second-order valence-corrected chi connectivity index (χ2v) is 4.51. The number of nitrogens with one attached hydrogen (secondary N) is 1. The molecule has 0 aliphatic rings. The molecular formula is C15H19N3O2. The lowest BCUT2D eigenvalue weighted by atomic mass is 10.3. The fourth-order valence-corrected chi connectivity index (χ4v) is 1.92. The summed E-state index contributed by atoms with van der Waals surface area (Å²) in [7, 11) is 1.65. The number of ether oxygens (including phenoxy) is 1. The van der Waals surface area contributed by atoms with E-state index in [1.54, 1.807) is 17.9 Å². The Labute approximate surface area is 118 Å². The average molecular weight is 273 g/mol. The van der Waals surface area contributed by atoms with Crippen LogP contribution in [0.15, 0.2) is 41.2 Å². The Morgan fingerprint density at radius 1 is 1.30 bits per heavy atom. The monoisotopic (exact) mass is 273 g/mol. The zero-order chi connectivity index (χ0) is 14.4. The third-order valence-electron chi connectivity index (χ3n) is 2.96. The fourth-order valence-electron chi connectivity index (χ4n) is 1.92. The predicted octanol–water partition coefficient (Wildman–Crippen LogP) is 1.28. The minimum atomic E-state index is -0.0420. The Hall–Kier alpha value is -1.98. The zero-order valence-electron chi connectivity index (χ0n) is 11.8. The van der Waals surface area contributed by atoms with Gasteiger partial charge in [-0.1, -0.05) is 18.2 Å². The van der Waals surface area contributed by atoms with Gasteiger partial charge in [0.25, 0.3) is 0 Å². The van der Waals surface area contributed by atoms with Gasteiger partial charge in [-0.3, -0.25) is 4.79 Å². The van der Waals surface area contributed by atoms with Gasteiger partial charge < -0.3 is 10.1 Å². The molecule has 20 heavy (non-hydrogen) atoms. The Balaban J connectivity index is 2.24. The summed E-state index contributed by atoms with van der Waals surface area (Å²) in [5.74, 6) is 0. The zero-order valence-corrected chi connectivity index (χ0v) is 11.8. The Morgan fingerprint density at radius 3 is 2.75 bits per heavy atom. The molecule has 2 aromatic rings. The summed E-state index contributed by atoms with van der Waals surface area (Å²) in [5.41, 5.74) is 2.24.